The standard InChI is InChI=1S/C19H30N4O/c1-2-20-19(21-13-16-7-3-4-8-17(16)15-24)23-12-9-18(14-23)22-10-5-6-11-22/h3-4,7-8,18,24H,2,5-6,9-15H2,1H3,(H,20,21). The molecule has 3 rings (SSSR count). The molecular formula is C19H30N4O. The Morgan fingerprint density at radius 1 is 1.21 bits per heavy atom. The van der Waals surface area contributed by atoms with Gasteiger partial charge >= 0.3 is 0 Å². The molecule has 2 fully saturated rings. The van der Waals surface area contributed by atoms with Crippen LogP contribution in [0.15, 0.2) is 29.3 Å². The summed E-state index contributed by atoms with van der Waals surface area (Å²) in [6.45, 7) is 8.36. The first-order chi connectivity index (χ1) is 11.8. The van der Waals surface area contributed by atoms with Crippen molar-refractivity contribution in [2.24, 2.45) is 4.99 Å². The number of aliphatic hydroxyl groups is 1. The Hall–Kier alpha value is -1.59. The van der Waals surface area contributed by atoms with Gasteiger partial charge in [-0.05, 0) is 50.4 Å². The van der Waals surface area contributed by atoms with Gasteiger partial charge in [-0.3, -0.25) is 4.90 Å². The van der Waals surface area contributed by atoms with Gasteiger partial charge in [0, 0.05) is 25.7 Å². The summed E-state index contributed by atoms with van der Waals surface area (Å²) in [4.78, 5) is 9.88. The van der Waals surface area contributed by atoms with Crippen molar-refractivity contribution >= 4 is 5.96 Å². The molecule has 0 radical (unpaired) electrons. The highest BCUT2D eigenvalue weighted by Gasteiger charge is 2.30. The molecule has 1 unspecified atom stereocenters. The van der Waals surface area contributed by atoms with Gasteiger partial charge in [0.1, 0.15) is 0 Å². The number of nitrogens with one attached hydrogen (secondary N) is 1. The molecule has 5 nitrogen and oxygen atoms in total. The average molecular weight is 330 g/mol. The van der Waals surface area contributed by atoms with Crippen LogP contribution in [-0.2, 0) is 13.2 Å². The molecule has 0 saturated carbocycles. The van der Waals surface area contributed by atoms with Gasteiger partial charge in [-0.2, -0.15) is 0 Å². The molecule has 1 atom stereocenters. The summed E-state index contributed by atoms with van der Waals surface area (Å²) < 4.78 is 0. The highest BCUT2D eigenvalue weighted by molar-refractivity contribution is 5.80. The minimum absolute atomic E-state index is 0.0724. The fourth-order valence-corrected chi connectivity index (χ4v) is 3.79. The van der Waals surface area contributed by atoms with Crippen molar-refractivity contribution in [1.82, 2.24) is 15.1 Å². The molecule has 0 amide bonds. The Balaban J connectivity index is 1.65. The fraction of sp³-hybridized carbons (Fsp3) is 0.632. The maximum Gasteiger partial charge on any atom is 0.194 e. The van der Waals surface area contributed by atoms with E-state index >= 15 is 0 Å². The monoisotopic (exact) mass is 330 g/mol. The molecule has 2 aliphatic heterocycles. The molecule has 2 saturated heterocycles. The number of hydrogen-bond acceptors (Lipinski definition) is 3. The van der Waals surface area contributed by atoms with Crippen LogP contribution in [0, 0.1) is 0 Å². The summed E-state index contributed by atoms with van der Waals surface area (Å²) in [6, 6.07) is 8.68. The topological polar surface area (TPSA) is 51.1 Å². The highest BCUT2D eigenvalue weighted by Crippen LogP contribution is 2.20. The average Bonchev–Trinajstić information content (AvgIpc) is 3.29. The third-order valence-corrected chi connectivity index (χ3v) is 5.14. The minimum Gasteiger partial charge on any atom is -0.392 e. The van der Waals surface area contributed by atoms with E-state index in [-0.39, 0.29) is 6.61 Å². The summed E-state index contributed by atoms with van der Waals surface area (Å²) in [6.07, 6.45) is 3.93. The molecule has 0 bridgehead atoms. The normalized spacial score (nSPS) is 22.3. The van der Waals surface area contributed by atoms with Crippen molar-refractivity contribution in [1.29, 1.82) is 0 Å². The van der Waals surface area contributed by atoms with Crippen molar-refractivity contribution < 1.29 is 5.11 Å². The second-order valence-electron chi connectivity index (χ2n) is 6.73. The first-order valence-corrected chi connectivity index (χ1v) is 9.26. The summed E-state index contributed by atoms with van der Waals surface area (Å²) in [5, 5.41) is 12.9. The van der Waals surface area contributed by atoms with Gasteiger partial charge < -0.3 is 15.3 Å². The minimum atomic E-state index is 0.0724. The summed E-state index contributed by atoms with van der Waals surface area (Å²) in [5.41, 5.74) is 2.07. The summed E-state index contributed by atoms with van der Waals surface area (Å²) in [7, 11) is 0. The van der Waals surface area contributed by atoms with Crippen molar-refractivity contribution in [2.45, 2.75) is 45.4 Å². The van der Waals surface area contributed by atoms with Crippen LogP contribution in [0.3, 0.4) is 0 Å². The molecule has 1 aromatic rings. The van der Waals surface area contributed by atoms with E-state index in [1.165, 1.54) is 32.4 Å². The predicted molar refractivity (Wildman–Crippen MR) is 98.0 cm³/mol. The van der Waals surface area contributed by atoms with Crippen LogP contribution in [0.25, 0.3) is 0 Å². The third kappa shape index (κ3) is 4.08. The Bertz CT molecular complexity index is 554. The first-order valence-electron chi connectivity index (χ1n) is 9.26. The van der Waals surface area contributed by atoms with Gasteiger partial charge in [0.2, 0.25) is 0 Å². The molecule has 132 valence electrons. The molecule has 0 aromatic heterocycles. The first kappa shape index (κ1) is 17.2. The van der Waals surface area contributed by atoms with Crippen molar-refractivity contribution in [3.05, 3.63) is 35.4 Å². The number of hydrogen-bond donors (Lipinski definition) is 2. The van der Waals surface area contributed by atoms with Crippen LogP contribution < -0.4 is 5.32 Å². The number of aliphatic hydroxyl groups excluding tert-OH is 1. The van der Waals surface area contributed by atoms with E-state index in [1.54, 1.807) is 0 Å². The number of benzene rings is 1. The highest BCUT2D eigenvalue weighted by atomic mass is 16.3. The third-order valence-electron chi connectivity index (χ3n) is 5.14. The van der Waals surface area contributed by atoms with Gasteiger partial charge in [0.25, 0.3) is 0 Å². The van der Waals surface area contributed by atoms with Crippen LogP contribution in [0.2, 0.25) is 0 Å². The zero-order chi connectivity index (χ0) is 16.8. The Morgan fingerprint density at radius 2 is 1.96 bits per heavy atom. The van der Waals surface area contributed by atoms with Gasteiger partial charge in [-0.1, -0.05) is 24.3 Å². The Labute approximate surface area is 145 Å². The van der Waals surface area contributed by atoms with Gasteiger partial charge in [0.15, 0.2) is 5.96 Å². The fourth-order valence-electron chi connectivity index (χ4n) is 3.79. The molecule has 2 aliphatic rings. The van der Waals surface area contributed by atoms with Crippen LogP contribution in [0.4, 0.5) is 0 Å². The number of likely N-dealkylation sites (tertiary alicyclic amines) is 2. The van der Waals surface area contributed by atoms with Crippen molar-refractivity contribution in [2.75, 3.05) is 32.7 Å². The Kier molecular flexibility index (Phi) is 6.10. The van der Waals surface area contributed by atoms with Crippen molar-refractivity contribution in [3.8, 4) is 0 Å². The van der Waals surface area contributed by atoms with Crippen LogP contribution in [-0.4, -0.2) is 59.6 Å². The lowest BCUT2D eigenvalue weighted by atomic mass is 10.1. The molecule has 1 aromatic carbocycles. The van der Waals surface area contributed by atoms with Gasteiger partial charge in [-0.15, -0.1) is 0 Å². The zero-order valence-electron chi connectivity index (χ0n) is 14.7. The van der Waals surface area contributed by atoms with E-state index in [2.05, 4.69) is 28.1 Å². The number of rotatable bonds is 5. The van der Waals surface area contributed by atoms with E-state index in [0.29, 0.717) is 12.6 Å². The smallest absolute Gasteiger partial charge is 0.194 e. The van der Waals surface area contributed by atoms with E-state index in [4.69, 9.17) is 4.99 Å². The molecule has 2 heterocycles. The molecule has 5 heteroatoms. The quantitative estimate of drug-likeness (QED) is 0.639. The molecular weight excluding hydrogens is 300 g/mol. The molecule has 2 N–H and O–H groups in total. The van der Waals surface area contributed by atoms with E-state index in [0.717, 1.165) is 36.7 Å². The maximum absolute atomic E-state index is 9.47. The number of guanidine groups is 1. The molecule has 0 aliphatic carbocycles. The lowest BCUT2D eigenvalue weighted by Gasteiger charge is -2.25. The van der Waals surface area contributed by atoms with Crippen LogP contribution in [0.5, 0.6) is 0 Å². The summed E-state index contributed by atoms with van der Waals surface area (Å²) in [5.74, 6) is 1.01. The second-order valence-corrected chi connectivity index (χ2v) is 6.73. The summed E-state index contributed by atoms with van der Waals surface area (Å²) >= 11 is 0. The van der Waals surface area contributed by atoms with Gasteiger partial charge in [0.05, 0.1) is 13.2 Å². The maximum atomic E-state index is 9.47. The number of nitrogens with zero attached hydrogens (tertiary/aromatic N) is 3. The lowest BCUT2D eigenvalue weighted by molar-refractivity contribution is 0.249. The van der Waals surface area contributed by atoms with Crippen LogP contribution >= 0.6 is 0 Å². The Morgan fingerprint density at radius 3 is 2.67 bits per heavy atom. The predicted octanol–water partition coefficient (Wildman–Crippen LogP) is 1.81. The largest absolute Gasteiger partial charge is 0.392 e. The van der Waals surface area contributed by atoms with E-state index < -0.39 is 0 Å². The van der Waals surface area contributed by atoms with E-state index in [1.807, 2.05) is 18.2 Å². The lowest BCUT2D eigenvalue weighted by Crippen LogP contribution is -2.42. The van der Waals surface area contributed by atoms with E-state index in [9.17, 15) is 5.11 Å². The zero-order valence-corrected chi connectivity index (χ0v) is 14.7. The molecule has 0 spiro atoms. The number of aliphatic imine (C=N–C) groups is 1. The second kappa shape index (κ2) is 8.49. The SMILES string of the molecule is CCNC(=NCc1ccccc1CO)N1CCC(N2CCCC2)C1. The van der Waals surface area contributed by atoms with Gasteiger partial charge in [-0.25, -0.2) is 4.99 Å². The van der Waals surface area contributed by atoms with Crippen molar-refractivity contribution in [3.63, 3.8) is 0 Å². The van der Waals surface area contributed by atoms with Crippen LogP contribution in [0.1, 0.15) is 37.3 Å². The molecule has 24 heavy (non-hydrogen) atoms.